The molecule has 30 heavy (non-hydrogen) atoms. The lowest BCUT2D eigenvalue weighted by atomic mass is 9.95. The van der Waals surface area contributed by atoms with E-state index in [0.29, 0.717) is 50.0 Å². The summed E-state index contributed by atoms with van der Waals surface area (Å²) in [7, 11) is 0. The van der Waals surface area contributed by atoms with E-state index in [1.165, 1.54) is 0 Å². The van der Waals surface area contributed by atoms with Gasteiger partial charge in [0.2, 0.25) is 5.91 Å². The lowest BCUT2D eigenvalue weighted by molar-refractivity contribution is -0.137. The van der Waals surface area contributed by atoms with Crippen molar-refractivity contribution in [1.29, 1.82) is 0 Å². The van der Waals surface area contributed by atoms with Gasteiger partial charge in [0.25, 0.3) is 5.91 Å². The first-order chi connectivity index (χ1) is 14.5. The third-order valence-electron chi connectivity index (χ3n) is 5.89. The molecule has 2 aromatic rings. The van der Waals surface area contributed by atoms with Crippen LogP contribution in [0, 0.1) is 12.8 Å². The average Bonchev–Trinajstić information content (AvgIpc) is 2.79. The zero-order valence-corrected chi connectivity index (χ0v) is 17.9. The molecule has 0 spiro atoms. The summed E-state index contributed by atoms with van der Waals surface area (Å²) >= 11 is 5.81. The number of piperazine rings is 1. The number of benzene rings is 1. The minimum absolute atomic E-state index is 0.0126. The number of piperidine rings is 1. The first-order valence-corrected chi connectivity index (χ1v) is 10.8. The molecule has 1 aromatic heterocycles. The van der Waals surface area contributed by atoms with Gasteiger partial charge in [-0.2, -0.15) is 0 Å². The molecule has 2 fully saturated rings. The van der Waals surface area contributed by atoms with E-state index >= 15 is 0 Å². The molecule has 0 unspecified atom stereocenters. The molecule has 1 aromatic carbocycles. The Hall–Kier alpha value is -2.67. The van der Waals surface area contributed by atoms with Crippen LogP contribution in [0.3, 0.4) is 0 Å². The Balaban J connectivity index is 1.34. The number of hydrogen-bond donors (Lipinski definition) is 0. The van der Waals surface area contributed by atoms with Gasteiger partial charge in [-0.1, -0.05) is 29.3 Å². The highest BCUT2D eigenvalue weighted by Crippen LogP contribution is 2.22. The van der Waals surface area contributed by atoms with E-state index in [-0.39, 0.29) is 17.7 Å². The molecule has 3 heterocycles. The first-order valence-electron chi connectivity index (χ1n) is 10.4. The molecule has 0 saturated carbocycles. The second-order valence-electron chi connectivity index (χ2n) is 7.98. The van der Waals surface area contributed by atoms with Gasteiger partial charge in [0.1, 0.15) is 0 Å². The largest absolute Gasteiger partial charge is 0.352 e. The maximum absolute atomic E-state index is 13.1. The summed E-state index contributed by atoms with van der Waals surface area (Å²) in [5, 5.41) is 8.38. The number of hydrogen-bond acceptors (Lipinski definition) is 5. The van der Waals surface area contributed by atoms with Gasteiger partial charge in [0, 0.05) is 44.8 Å². The molecule has 4 rings (SSSR count). The molecule has 0 aliphatic carbocycles. The van der Waals surface area contributed by atoms with Gasteiger partial charge in [-0.05, 0) is 44.0 Å². The highest BCUT2D eigenvalue weighted by Gasteiger charge is 2.33. The van der Waals surface area contributed by atoms with Gasteiger partial charge >= 0.3 is 0 Å². The number of amides is 2. The fourth-order valence-electron chi connectivity index (χ4n) is 4.13. The number of carbonyl (C=O) groups excluding carboxylic acids is 2. The van der Waals surface area contributed by atoms with Crippen molar-refractivity contribution >= 4 is 29.2 Å². The molecule has 8 heteroatoms. The highest BCUT2D eigenvalue weighted by molar-refractivity contribution is 6.29. The van der Waals surface area contributed by atoms with Crippen LogP contribution in [0.25, 0.3) is 0 Å². The van der Waals surface area contributed by atoms with Crippen LogP contribution in [0.2, 0.25) is 5.15 Å². The zero-order valence-electron chi connectivity index (χ0n) is 17.1. The van der Waals surface area contributed by atoms with Crippen LogP contribution in [-0.2, 0) is 4.79 Å². The Labute approximate surface area is 181 Å². The zero-order chi connectivity index (χ0) is 21.1. The van der Waals surface area contributed by atoms with E-state index in [2.05, 4.69) is 15.1 Å². The van der Waals surface area contributed by atoms with Gasteiger partial charge in [-0.25, -0.2) is 0 Å². The second-order valence-corrected chi connectivity index (χ2v) is 8.37. The van der Waals surface area contributed by atoms with Crippen molar-refractivity contribution in [2.45, 2.75) is 19.8 Å². The molecule has 0 bridgehead atoms. The fraction of sp³-hybridized carbons (Fsp3) is 0.455. The molecule has 0 N–H and O–H groups in total. The summed E-state index contributed by atoms with van der Waals surface area (Å²) in [6, 6.07) is 11.2. The Bertz CT molecular complexity index is 895. The van der Waals surface area contributed by atoms with E-state index in [1.807, 2.05) is 47.1 Å². The quantitative estimate of drug-likeness (QED) is 0.753. The summed E-state index contributed by atoms with van der Waals surface area (Å²) in [5.74, 6) is 0.811. The van der Waals surface area contributed by atoms with Crippen LogP contribution in [0.5, 0.6) is 0 Å². The van der Waals surface area contributed by atoms with E-state index < -0.39 is 0 Å². The Kier molecular flexibility index (Phi) is 6.18. The summed E-state index contributed by atoms with van der Waals surface area (Å²) in [6.07, 6.45) is 1.69. The summed E-state index contributed by atoms with van der Waals surface area (Å²) in [5.41, 5.74) is 1.81. The Morgan fingerprint density at radius 3 is 2.33 bits per heavy atom. The van der Waals surface area contributed by atoms with Crippen molar-refractivity contribution in [2.75, 3.05) is 44.2 Å². The smallest absolute Gasteiger partial charge is 0.253 e. The molecule has 158 valence electrons. The van der Waals surface area contributed by atoms with Crippen LogP contribution < -0.4 is 4.90 Å². The highest BCUT2D eigenvalue weighted by atomic mass is 35.5. The van der Waals surface area contributed by atoms with Crippen molar-refractivity contribution in [2.24, 2.45) is 5.92 Å². The predicted octanol–water partition coefficient (Wildman–Crippen LogP) is 2.64. The third kappa shape index (κ3) is 4.56. The Morgan fingerprint density at radius 2 is 1.67 bits per heavy atom. The van der Waals surface area contributed by atoms with Crippen LogP contribution in [0.1, 0.15) is 28.8 Å². The second kappa shape index (κ2) is 9.00. The minimum Gasteiger partial charge on any atom is -0.352 e. The van der Waals surface area contributed by atoms with Crippen LogP contribution in [0.15, 0.2) is 36.4 Å². The number of nitrogens with zero attached hydrogens (tertiary/aromatic N) is 5. The molecule has 1 atom stereocenters. The summed E-state index contributed by atoms with van der Waals surface area (Å²) in [4.78, 5) is 31.8. The van der Waals surface area contributed by atoms with E-state index in [0.717, 1.165) is 24.2 Å². The maximum atomic E-state index is 13.1. The van der Waals surface area contributed by atoms with Gasteiger partial charge < -0.3 is 14.7 Å². The van der Waals surface area contributed by atoms with Crippen molar-refractivity contribution < 1.29 is 9.59 Å². The van der Waals surface area contributed by atoms with Gasteiger partial charge in [0.15, 0.2) is 11.0 Å². The first kappa shape index (κ1) is 20.6. The van der Waals surface area contributed by atoms with Crippen LogP contribution in [-0.4, -0.2) is 71.1 Å². The van der Waals surface area contributed by atoms with E-state index in [1.54, 1.807) is 6.07 Å². The van der Waals surface area contributed by atoms with Crippen molar-refractivity contribution in [3.63, 3.8) is 0 Å². The molecule has 2 aliphatic heterocycles. The lowest BCUT2D eigenvalue weighted by Gasteiger charge is -2.39. The topological polar surface area (TPSA) is 69.6 Å². The number of carbonyl (C=O) groups is 2. The normalized spacial score (nSPS) is 19.7. The average molecular weight is 428 g/mol. The molecule has 2 aliphatic rings. The van der Waals surface area contributed by atoms with Crippen molar-refractivity contribution in [3.05, 3.63) is 52.7 Å². The molecule has 2 saturated heterocycles. The lowest BCUT2D eigenvalue weighted by Crippen LogP contribution is -2.53. The van der Waals surface area contributed by atoms with Crippen LogP contribution in [0.4, 0.5) is 5.82 Å². The van der Waals surface area contributed by atoms with E-state index in [4.69, 9.17) is 11.6 Å². The monoisotopic (exact) mass is 427 g/mol. The SMILES string of the molecule is Cc1ccc(C(=O)N2CCC[C@@H](C(=O)N3CCN(c4ccc(Cl)nn4)CC3)C2)cc1. The van der Waals surface area contributed by atoms with Gasteiger partial charge in [-0.15, -0.1) is 10.2 Å². The Morgan fingerprint density at radius 1 is 0.933 bits per heavy atom. The fourth-order valence-corrected chi connectivity index (χ4v) is 4.23. The third-order valence-corrected chi connectivity index (χ3v) is 6.09. The number of likely N-dealkylation sites (tertiary alicyclic amines) is 1. The number of aryl methyl sites for hydroxylation is 1. The molecular formula is C22H26ClN5O2. The number of halogens is 1. The van der Waals surface area contributed by atoms with Crippen molar-refractivity contribution in [1.82, 2.24) is 20.0 Å². The molecule has 7 nitrogen and oxygen atoms in total. The van der Waals surface area contributed by atoms with Gasteiger partial charge in [-0.3, -0.25) is 9.59 Å². The van der Waals surface area contributed by atoms with Gasteiger partial charge in [0.05, 0.1) is 5.92 Å². The maximum Gasteiger partial charge on any atom is 0.253 e. The number of aromatic nitrogens is 2. The van der Waals surface area contributed by atoms with Crippen LogP contribution >= 0.6 is 11.6 Å². The standard InChI is InChI=1S/C22H26ClN5O2/c1-16-4-6-17(7-5-16)21(29)28-10-2-3-18(15-28)22(30)27-13-11-26(12-14-27)20-9-8-19(23)24-25-20/h4-9,18H,2-3,10-15H2,1H3/t18-/m1/s1. The molecular weight excluding hydrogens is 402 g/mol. The molecule has 0 radical (unpaired) electrons. The molecule has 2 amide bonds. The minimum atomic E-state index is -0.130. The van der Waals surface area contributed by atoms with Crippen molar-refractivity contribution in [3.8, 4) is 0 Å². The summed E-state index contributed by atoms with van der Waals surface area (Å²) in [6.45, 7) is 5.91. The number of rotatable bonds is 3. The number of anilines is 1. The van der Waals surface area contributed by atoms with E-state index in [9.17, 15) is 9.59 Å². The summed E-state index contributed by atoms with van der Waals surface area (Å²) < 4.78 is 0. The predicted molar refractivity (Wildman–Crippen MR) is 116 cm³/mol.